The molecule has 0 aliphatic carbocycles. The molecule has 2 heterocycles. The SMILES string of the molecule is [C-]#[N+]c1cccc(-c2ccc3c(c2)c2cc(-c4cccc(C#N)c4)ccc2n3-c2cc(-c3cc(C)cc([N+]#[C-])c3)c(-n3c4ccc(-c5cccc(C#N)c5)cc4c4cc(-c5cccc([N+]#[C-])c5)ccc43)cc2C#N)c1. The van der Waals surface area contributed by atoms with Crippen LogP contribution in [-0.4, -0.2) is 9.13 Å². The molecule has 0 unspecified atom stereocenters. The highest BCUT2D eigenvalue weighted by Crippen LogP contribution is 2.45. The van der Waals surface area contributed by atoms with Gasteiger partial charge in [0.1, 0.15) is 6.07 Å². The van der Waals surface area contributed by atoms with Gasteiger partial charge in [-0.1, -0.05) is 103 Å². The highest BCUT2D eigenvalue weighted by molar-refractivity contribution is 6.14. The fraction of sp³-hybridized carbons (Fsp3) is 0.0149. The molecular formula is C67H36N8. The minimum absolute atomic E-state index is 0.415. The van der Waals surface area contributed by atoms with E-state index in [1.165, 1.54) is 0 Å². The van der Waals surface area contributed by atoms with E-state index < -0.39 is 0 Å². The summed E-state index contributed by atoms with van der Waals surface area (Å²) in [4.78, 5) is 11.3. The second-order valence-corrected chi connectivity index (χ2v) is 18.5. The summed E-state index contributed by atoms with van der Waals surface area (Å²) in [7, 11) is 0. The zero-order valence-electron chi connectivity index (χ0n) is 40.1. The van der Waals surface area contributed by atoms with Crippen LogP contribution in [-0.2, 0) is 0 Å². The molecule has 12 aromatic rings. The fourth-order valence-electron chi connectivity index (χ4n) is 10.6. The van der Waals surface area contributed by atoms with Crippen molar-refractivity contribution in [1.82, 2.24) is 9.13 Å². The van der Waals surface area contributed by atoms with Crippen LogP contribution in [0.2, 0.25) is 0 Å². The molecule has 0 spiro atoms. The highest BCUT2D eigenvalue weighted by atomic mass is 15.0. The van der Waals surface area contributed by atoms with Crippen molar-refractivity contribution in [2.24, 2.45) is 0 Å². The maximum absolute atomic E-state index is 11.5. The molecule has 0 saturated carbocycles. The van der Waals surface area contributed by atoms with Gasteiger partial charge in [0.2, 0.25) is 0 Å². The average molecular weight is 953 g/mol. The molecule has 0 aliphatic heterocycles. The van der Waals surface area contributed by atoms with E-state index >= 15 is 0 Å². The summed E-state index contributed by atoms with van der Waals surface area (Å²) in [5.74, 6) is 0. The third kappa shape index (κ3) is 7.76. The summed E-state index contributed by atoms with van der Waals surface area (Å²) in [5.41, 5.74) is 17.8. The number of fused-ring (bicyclic) bond motifs is 6. The molecule has 0 aliphatic rings. The third-order valence-corrected chi connectivity index (χ3v) is 14.0. The number of nitrogens with zero attached hydrogens (tertiary/aromatic N) is 8. The maximum Gasteiger partial charge on any atom is 0.188 e. The van der Waals surface area contributed by atoms with Gasteiger partial charge in [0.15, 0.2) is 17.1 Å². The molecule has 75 heavy (non-hydrogen) atoms. The fourth-order valence-corrected chi connectivity index (χ4v) is 10.6. The summed E-state index contributed by atoms with van der Waals surface area (Å²) < 4.78 is 4.35. The second-order valence-electron chi connectivity index (χ2n) is 18.5. The number of hydrogen-bond acceptors (Lipinski definition) is 3. The van der Waals surface area contributed by atoms with E-state index in [1.807, 2.05) is 104 Å². The first kappa shape index (κ1) is 44.9. The molecule has 0 fully saturated rings. The van der Waals surface area contributed by atoms with Gasteiger partial charge in [0.25, 0.3) is 0 Å². The lowest BCUT2D eigenvalue weighted by atomic mass is 9.97. The molecule has 10 aromatic carbocycles. The van der Waals surface area contributed by atoms with Crippen molar-refractivity contribution >= 4 is 60.7 Å². The largest absolute Gasteiger partial charge is 0.309 e. The Kier molecular flexibility index (Phi) is 10.9. The molecule has 0 radical (unpaired) electrons. The van der Waals surface area contributed by atoms with Crippen LogP contribution >= 0.6 is 0 Å². The number of aryl methyl sites for hydroxylation is 1. The van der Waals surface area contributed by atoms with Gasteiger partial charge < -0.3 is 9.13 Å². The molecule has 344 valence electrons. The predicted molar refractivity (Wildman–Crippen MR) is 300 cm³/mol. The van der Waals surface area contributed by atoms with Crippen molar-refractivity contribution in [2.45, 2.75) is 6.92 Å². The van der Waals surface area contributed by atoms with Crippen LogP contribution in [0.5, 0.6) is 0 Å². The van der Waals surface area contributed by atoms with Gasteiger partial charge in [-0.25, -0.2) is 14.5 Å². The van der Waals surface area contributed by atoms with Crippen LogP contribution < -0.4 is 0 Å². The molecule has 12 rings (SSSR count). The van der Waals surface area contributed by atoms with E-state index in [-0.39, 0.29) is 0 Å². The summed E-state index contributed by atoms with van der Waals surface area (Å²) in [5, 5.41) is 34.9. The van der Waals surface area contributed by atoms with Crippen molar-refractivity contribution in [3.05, 3.63) is 257 Å². The first-order chi connectivity index (χ1) is 36.7. The lowest BCUT2D eigenvalue weighted by Gasteiger charge is -2.19. The Bertz CT molecular complexity index is 4470. The van der Waals surface area contributed by atoms with Crippen LogP contribution in [0, 0.1) is 60.6 Å². The van der Waals surface area contributed by atoms with Crippen LogP contribution in [0.4, 0.5) is 17.1 Å². The first-order valence-corrected chi connectivity index (χ1v) is 24.0. The summed E-state index contributed by atoms with van der Waals surface area (Å²) >= 11 is 0. The van der Waals surface area contributed by atoms with Gasteiger partial charge >= 0.3 is 0 Å². The van der Waals surface area contributed by atoms with E-state index in [4.69, 9.17) is 19.7 Å². The molecule has 0 bridgehead atoms. The van der Waals surface area contributed by atoms with Crippen molar-refractivity contribution in [2.75, 3.05) is 0 Å². The minimum Gasteiger partial charge on any atom is -0.309 e. The Balaban J connectivity index is 1.16. The molecule has 8 heteroatoms. The number of benzene rings is 10. The predicted octanol–water partition coefficient (Wildman–Crippen LogP) is 17.8. The van der Waals surface area contributed by atoms with Crippen LogP contribution in [0.25, 0.3) is 125 Å². The molecule has 2 aromatic heterocycles. The molecule has 0 amide bonds. The van der Waals surface area contributed by atoms with Gasteiger partial charge in [0, 0.05) is 27.1 Å². The van der Waals surface area contributed by atoms with E-state index in [1.54, 1.807) is 24.3 Å². The lowest BCUT2D eigenvalue weighted by Crippen LogP contribution is -2.04. The number of aromatic nitrogens is 2. The Hall–Kier alpha value is -11.3. The lowest BCUT2D eigenvalue weighted by molar-refractivity contribution is 1.14. The topological polar surface area (TPSA) is 94.3 Å². The standard InChI is InChI=1S/C67H36N8/c1-41-25-52(31-56(26-41)73-4)57-37-66(74-62-21-17-48(44-11-5-9-42(27-44)38-68)32-58(62)59-34-50(19-22-63(59)74)46-13-7-15-54(29-46)71-2)53(40-70)36-67(57)75-64-23-18-49(45-12-6-10-43(28-45)39-69)33-60(64)61-35-51(20-24-65(61)75)47-14-8-16-55(30-47)72-3/h5-37H,1H3. The zero-order valence-corrected chi connectivity index (χ0v) is 40.1. The van der Waals surface area contributed by atoms with Gasteiger partial charge in [-0.15, -0.1) is 0 Å². The van der Waals surface area contributed by atoms with Gasteiger partial charge in [0.05, 0.1) is 82.0 Å². The summed E-state index contributed by atoms with van der Waals surface area (Å²) in [6.45, 7) is 25.6. The Morgan fingerprint density at radius 1 is 0.347 bits per heavy atom. The van der Waals surface area contributed by atoms with Gasteiger partial charge in [-0.3, -0.25) is 0 Å². The van der Waals surface area contributed by atoms with Crippen molar-refractivity contribution in [1.29, 1.82) is 15.8 Å². The van der Waals surface area contributed by atoms with E-state index in [0.29, 0.717) is 39.4 Å². The van der Waals surface area contributed by atoms with E-state index in [2.05, 4.69) is 121 Å². The smallest absolute Gasteiger partial charge is 0.188 e. The zero-order chi connectivity index (χ0) is 51.3. The number of hydrogen-bond donors (Lipinski definition) is 0. The maximum atomic E-state index is 11.5. The molecular weight excluding hydrogens is 917 g/mol. The normalized spacial score (nSPS) is 10.9. The number of nitriles is 3. The molecule has 0 atom stereocenters. The summed E-state index contributed by atoms with van der Waals surface area (Å²) in [6.07, 6.45) is 0. The Morgan fingerprint density at radius 3 is 1.15 bits per heavy atom. The molecule has 8 nitrogen and oxygen atoms in total. The Morgan fingerprint density at radius 2 is 0.733 bits per heavy atom. The summed E-state index contributed by atoms with van der Waals surface area (Å²) in [6, 6.07) is 72.5. The van der Waals surface area contributed by atoms with E-state index in [0.717, 1.165) is 110 Å². The molecule has 0 N–H and O–H groups in total. The van der Waals surface area contributed by atoms with Crippen molar-refractivity contribution in [3.8, 4) is 85.2 Å². The minimum atomic E-state index is 0.415. The quantitative estimate of drug-likeness (QED) is 0.149. The van der Waals surface area contributed by atoms with E-state index in [9.17, 15) is 15.8 Å². The highest BCUT2D eigenvalue weighted by Gasteiger charge is 2.24. The number of rotatable bonds is 7. The first-order valence-electron chi connectivity index (χ1n) is 24.0. The molecule has 0 saturated heterocycles. The average Bonchev–Trinajstić information content (AvgIpc) is 4.08. The Labute approximate surface area is 432 Å². The van der Waals surface area contributed by atoms with Crippen LogP contribution in [0.3, 0.4) is 0 Å². The van der Waals surface area contributed by atoms with Crippen LogP contribution in [0.1, 0.15) is 22.3 Å². The monoisotopic (exact) mass is 952 g/mol. The second kappa shape index (κ2) is 18.2. The van der Waals surface area contributed by atoms with Gasteiger partial charge in [-0.2, -0.15) is 15.8 Å². The van der Waals surface area contributed by atoms with Gasteiger partial charge in [-0.05, 0) is 160 Å². The third-order valence-electron chi connectivity index (χ3n) is 14.0. The van der Waals surface area contributed by atoms with Crippen molar-refractivity contribution in [3.63, 3.8) is 0 Å². The van der Waals surface area contributed by atoms with Crippen molar-refractivity contribution < 1.29 is 0 Å². The van der Waals surface area contributed by atoms with Crippen LogP contribution in [0.15, 0.2) is 200 Å².